The van der Waals surface area contributed by atoms with Gasteiger partial charge in [-0.05, 0) is 12.1 Å². The Morgan fingerprint density at radius 1 is 1.40 bits per heavy atom. The van der Waals surface area contributed by atoms with Gasteiger partial charge in [-0.1, -0.05) is 0 Å². The highest BCUT2D eigenvalue weighted by Crippen LogP contribution is 2.06. The van der Waals surface area contributed by atoms with Crippen LogP contribution in [-0.4, -0.2) is 20.7 Å². The molecule has 0 fully saturated rings. The van der Waals surface area contributed by atoms with Crippen LogP contribution in [0.5, 0.6) is 0 Å². The summed E-state index contributed by atoms with van der Waals surface area (Å²) in [5.74, 6) is 0.468. The average molecular weight is 202 g/mol. The van der Waals surface area contributed by atoms with Crippen LogP contribution in [0, 0.1) is 0 Å². The fraction of sp³-hybridized carbons (Fsp3) is 0.100. The van der Waals surface area contributed by atoms with Gasteiger partial charge < -0.3 is 5.32 Å². The van der Waals surface area contributed by atoms with E-state index in [0.717, 1.165) is 0 Å². The Bertz CT molecular complexity index is 463. The Labute approximate surface area is 86.8 Å². The van der Waals surface area contributed by atoms with Crippen molar-refractivity contribution in [3.05, 3.63) is 42.4 Å². The number of hydrogen-bond donors (Lipinski definition) is 1. The van der Waals surface area contributed by atoms with Crippen LogP contribution < -0.4 is 5.32 Å². The second kappa shape index (κ2) is 3.91. The minimum absolute atomic E-state index is 0.188. The summed E-state index contributed by atoms with van der Waals surface area (Å²) in [6.45, 7) is 0. The number of nitrogens with one attached hydrogen (secondary N) is 1. The zero-order valence-electron chi connectivity index (χ0n) is 8.21. The lowest BCUT2D eigenvalue weighted by molar-refractivity contribution is 0.102. The van der Waals surface area contributed by atoms with Crippen molar-refractivity contribution < 1.29 is 4.79 Å². The van der Waals surface area contributed by atoms with Crippen LogP contribution in [0.15, 0.2) is 36.8 Å². The first kappa shape index (κ1) is 9.39. The smallest absolute Gasteiger partial charge is 0.258 e. The highest BCUT2D eigenvalue weighted by molar-refractivity contribution is 6.03. The maximum absolute atomic E-state index is 11.7. The van der Waals surface area contributed by atoms with Crippen molar-refractivity contribution in [2.45, 2.75) is 0 Å². The van der Waals surface area contributed by atoms with Crippen molar-refractivity contribution in [3.63, 3.8) is 0 Å². The van der Waals surface area contributed by atoms with Gasteiger partial charge in [0.15, 0.2) is 0 Å². The van der Waals surface area contributed by atoms with Crippen molar-refractivity contribution in [2.75, 3.05) is 5.32 Å². The summed E-state index contributed by atoms with van der Waals surface area (Å²) in [5, 5.41) is 6.68. The highest BCUT2D eigenvalue weighted by Gasteiger charge is 2.07. The van der Waals surface area contributed by atoms with Gasteiger partial charge in [-0.2, -0.15) is 5.10 Å². The zero-order chi connectivity index (χ0) is 10.7. The van der Waals surface area contributed by atoms with Crippen molar-refractivity contribution in [1.29, 1.82) is 0 Å². The molecule has 1 amide bonds. The molecule has 15 heavy (non-hydrogen) atoms. The van der Waals surface area contributed by atoms with Crippen LogP contribution in [0.2, 0.25) is 0 Å². The van der Waals surface area contributed by atoms with Gasteiger partial charge in [0.2, 0.25) is 0 Å². The minimum Gasteiger partial charge on any atom is -0.307 e. The quantitative estimate of drug-likeness (QED) is 0.792. The van der Waals surface area contributed by atoms with E-state index in [0.29, 0.717) is 11.4 Å². The number of carbonyl (C=O) groups is 1. The molecule has 0 bridgehead atoms. The second-order valence-corrected chi connectivity index (χ2v) is 3.04. The van der Waals surface area contributed by atoms with Gasteiger partial charge in [0.1, 0.15) is 5.82 Å². The molecule has 5 nitrogen and oxygen atoms in total. The van der Waals surface area contributed by atoms with Crippen molar-refractivity contribution in [1.82, 2.24) is 14.8 Å². The lowest BCUT2D eigenvalue weighted by Gasteiger charge is -2.04. The molecule has 0 spiro atoms. The third-order valence-corrected chi connectivity index (χ3v) is 1.99. The molecule has 0 radical (unpaired) electrons. The third kappa shape index (κ3) is 2.01. The van der Waals surface area contributed by atoms with Crippen LogP contribution in [0.3, 0.4) is 0 Å². The molecule has 5 heteroatoms. The average Bonchev–Trinajstić information content (AvgIpc) is 2.66. The predicted octanol–water partition coefficient (Wildman–Crippen LogP) is 1.07. The first-order chi connectivity index (χ1) is 7.27. The number of aryl methyl sites for hydroxylation is 1. The topological polar surface area (TPSA) is 59.8 Å². The largest absolute Gasteiger partial charge is 0.307 e. The number of amides is 1. The van der Waals surface area contributed by atoms with Crippen molar-refractivity contribution >= 4 is 11.7 Å². The summed E-state index contributed by atoms with van der Waals surface area (Å²) in [5.41, 5.74) is 0.527. The highest BCUT2D eigenvalue weighted by atomic mass is 16.1. The Morgan fingerprint density at radius 2 is 2.27 bits per heavy atom. The van der Waals surface area contributed by atoms with Crippen LogP contribution in [0.25, 0.3) is 0 Å². The molecule has 2 aromatic heterocycles. The van der Waals surface area contributed by atoms with E-state index in [-0.39, 0.29) is 5.91 Å². The fourth-order valence-electron chi connectivity index (χ4n) is 1.18. The summed E-state index contributed by atoms with van der Waals surface area (Å²) in [6.07, 6.45) is 4.77. The summed E-state index contributed by atoms with van der Waals surface area (Å²) < 4.78 is 1.59. The molecular formula is C10H10N4O. The summed E-state index contributed by atoms with van der Waals surface area (Å²) in [6, 6.07) is 5.16. The molecule has 1 N–H and O–H groups in total. The van der Waals surface area contributed by atoms with E-state index in [1.807, 2.05) is 0 Å². The van der Waals surface area contributed by atoms with Gasteiger partial charge in [-0.25, -0.2) is 0 Å². The summed E-state index contributed by atoms with van der Waals surface area (Å²) >= 11 is 0. The maximum atomic E-state index is 11.7. The standard InChI is InChI=1S/C10H10N4O/c1-14-9(4-6-12-14)13-10(15)8-3-2-5-11-7-8/h2-7H,1H3,(H,13,15). The first-order valence-electron chi connectivity index (χ1n) is 4.47. The van der Waals surface area contributed by atoms with E-state index in [9.17, 15) is 4.79 Å². The van der Waals surface area contributed by atoms with Gasteiger partial charge >= 0.3 is 0 Å². The molecule has 2 aromatic rings. The lowest BCUT2D eigenvalue weighted by Crippen LogP contribution is -2.14. The number of rotatable bonds is 2. The lowest BCUT2D eigenvalue weighted by atomic mass is 10.3. The molecule has 76 valence electrons. The first-order valence-corrected chi connectivity index (χ1v) is 4.47. The Morgan fingerprint density at radius 3 is 2.87 bits per heavy atom. The third-order valence-electron chi connectivity index (χ3n) is 1.99. The Kier molecular flexibility index (Phi) is 2.45. The minimum atomic E-state index is -0.188. The van der Waals surface area contributed by atoms with Crippen LogP contribution in [0.4, 0.5) is 5.82 Å². The number of anilines is 1. The molecule has 0 saturated heterocycles. The zero-order valence-corrected chi connectivity index (χ0v) is 8.21. The molecule has 0 aliphatic rings. The van der Waals surface area contributed by atoms with Crippen LogP contribution in [0.1, 0.15) is 10.4 Å². The van der Waals surface area contributed by atoms with E-state index in [1.165, 1.54) is 6.20 Å². The van der Waals surface area contributed by atoms with E-state index in [2.05, 4.69) is 15.4 Å². The molecule has 2 rings (SSSR count). The van der Waals surface area contributed by atoms with Gasteiger partial charge in [-0.15, -0.1) is 0 Å². The Balaban J connectivity index is 2.15. The molecule has 0 aliphatic heterocycles. The summed E-state index contributed by atoms with van der Waals surface area (Å²) in [4.78, 5) is 15.5. The predicted molar refractivity (Wildman–Crippen MR) is 55.4 cm³/mol. The number of nitrogens with zero attached hydrogens (tertiary/aromatic N) is 3. The monoisotopic (exact) mass is 202 g/mol. The maximum Gasteiger partial charge on any atom is 0.258 e. The normalized spacial score (nSPS) is 9.93. The van der Waals surface area contributed by atoms with Crippen molar-refractivity contribution in [2.24, 2.45) is 7.05 Å². The molecule has 0 aliphatic carbocycles. The van der Waals surface area contributed by atoms with Crippen LogP contribution >= 0.6 is 0 Å². The van der Waals surface area contributed by atoms with E-state index >= 15 is 0 Å². The summed E-state index contributed by atoms with van der Waals surface area (Å²) in [7, 11) is 1.76. The van der Waals surface area contributed by atoms with E-state index in [4.69, 9.17) is 0 Å². The SMILES string of the molecule is Cn1nccc1NC(=O)c1cccnc1. The molecule has 0 atom stereocenters. The van der Waals surface area contributed by atoms with Gasteiger partial charge in [0.25, 0.3) is 5.91 Å². The molecule has 2 heterocycles. The van der Waals surface area contributed by atoms with E-state index < -0.39 is 0 Å². The van der Waals surface area contributed by atoms with Crippen LogP contribution in [-0.2, 0) is 7.05 Å². The number of pyridine rings is 1. The molecular weight excluding hydrogens is 192 g/mol. The Hall–Kier alpha value is -2.17. The number of carbonyl (C=O) groups excluding carboxylic acids is 1. The number of hydrogen-bond acceptors (Lipinski definition) is 3. The van der Waals surface area contributed by atoms with Gasteiger partial charge in [0, 0.05) is 25.5 Å². The molecule has 0 unspecified atom stereocenters. The van der Waals surface area contributed by atoms with Crippen molar-refractivity contribution in [3.8, 4) is 0 Å². The van der Waals surface area contributed by atoms with Gasteiger partial charge in [0.05, 0.1) is 11.8 Å². The van der Waals surface area contributed by atoms with Gasteiger partial charge in [-0.3, -0.25) is 14.5 Å². The second-order valence-electron chi connectivity index (χ2n) is 3.04. The molecule has 0 saturated carbocycles. The fourth-order valence-corrected chi connectivity index (χ4v) is 1.18. The molecule has 0 aromatic carbocycles. The number of aromatic nitrogens is 3. The van der Waals surface area contributed by atoms with E-state index in [1.54, 1.807) is 42.3 Å².